The Hall–Kier alpha value is -2.31. The molecule has 2 N–H and O–H groups in total. The maximum atomic E-state index is 12.5. The summed E-state index contributed by atoms with van der Waals surface area (Å²) in [5.41, 5.74) is -0.176. The van der Waals surface area contributed by atoms with E-state index in [-0.39, 0.29) is 40.6 Å². The highest BCUT2D eigenvalue weighted by molar-refractivity contribution is 6.33. The van der Waals surface area contributed by atoms with Crippen LogP contribution in [0.2, 0.25) is 5.02 Å². The lowest BCUT2D eigenvalue weighted by molar-refractivity contribution is -0.114. The number of aromatic hydroxyl groups is 2. The second-order valence-electron chi connectivity index (χ2n) is 6.06. The zero-order valence-electron chi connectivity index (χ0n) is 13.4. The molecule has 1 aromatic rings. The van der Waals surface area contributed by atoms with Gasteiger partial charge in [-0.25, -0.2) is 4.79 Å². The number of esters is 1. The zero-order chi connectivity index (χ0) is 18.1. The summed E-state index contributed by atoms with van der Waals surface area (Å²) in [6.45, 7) is 1.72. The summed E-state index contributed by atoms with van der Waals surface area (Å²) in [6.07, 6.45) is 6.13. The molecule has 1 fully saturated rings. The Bertz CT molecular complexity index is 782. The summed E-state index contributed by atoms with van der Waals surface area (Å²) in [5.74, 6) is -2.04. The molecular formula is C18H17ClO6. The molecule has 3 atom stereocenters. The maximum absolute atomic E-state index is 12.5. The van der Waals surface area contributed by atoms with Crippen LogP contribution in [0, 0.1) is 0 Å². The molecular weight excluding hydrogens is 348 g/mol. The van der Waals surface area contributed by atoms with Gasteiger partial charge >= 0.3 is 5.97 Å². The van der Waals surface area contributed by atoms with Crippen molar-refractivity contribution < 1.29 is 29.3 Å². The van der Waals surface area contributed by atoms with Crippen LogP contribution in [0.5, 0.6) is 11.5 Å². The topological polar surface area (TPSA) is 96.4 Å². The predicted octanol–water partition coefficient (Wildman–Crippen LogP) is 2.69. The number of cyclic esters (lactones) is 1. The number of fused-ring (bicyclic) bond motifs is 2. The largest absolute Gasteiger partial charge is 0.507 e. The molecule has 1 aromatic carbocycles. The first-order chi connectivity index (χ1) is 11.9. The van der Waals surface area contributed by atoms with E-state index in [0.717, 1.165) is 6.07 Å². The zero-order valence-corrected chi connectivity index (χ0v) is 14.2. The van der Waals surface area contributed by atoms with Gasteiger partial charge in [-0.3, -0.25) is 4.79 Å². The smallest absolute Gasteiger partial charge is 0.342 e. The number of ether oxygens (including phenoxy) is 2. The fourth-order valence-electron chi connectivity index (χ4n) is 2.78. The SMILES string of the molecule is C[C@H]1C[C@H]2O[C@@H]2/C=C\C=C\C(=O)Cc2c(Cl)c(O)cc(O)c2C(=O)O1. The van der Waals surface area contributed by atoms with Crippen molar-refractivity contribution in [1.82, 2.24) is 0 Å². The van der Waals surface area contributed by atoms with Crippen LogP contribution in [-0.2, 0) is 20.7 Å². The Morgan fingerprint density at radius 3 is 2.72 bits per heavy atom. The first-order valence-corrected chi connectivity index (χ1v) is 8.22. The lowest BCUT2D eigenvalue weighted by atomic mass is 10.00. The Labute approximate surface area is 149 Å². The second-order valence-corrected chi connectivity index (χ2v) is 6.44. The van der Waals surface area contributed by atoms with Gasteiger partial charge in [0, 0.05) is 24.5 Å². The van der Waals surface area contributed by atoms with Crippen molar-refractivity contribution in [2.75, 3.05) is 0 Å². The molecule has 0 saturated carbocycles. The third-order valence-corrected chi connectivity index (χ3v) is 4.49. The molecule has 132 valence electrons. The number of carbonyl (C=O) groups is 2. The van der Waals surface area contributed by atoms with Crippen molar-refractivity contribution in [1.29, 1.82) is 0 Å². The van der Waals surface area contributed by atoms with E-state index in [0.29, 0.717) is 6.42 Å². The molecule has 3 rings (SSSR count). The number of allylic oxidation sites excluding steroid dienone is 3. The summed E-state index contributed by atoms with van der Waals surface area (Å²) in [6, 6.07) is 0.958. The summed E-state index contributed by atoms with van der Waals surface area (Å²) in [7, 11) is 0. The molecule has 6 nitrogen and oxygen atoms in total. The van der Waals surface area contributed by atoms with E-state index in [1.165, 1.54) is 6.08 Å². The number of carbonyl (C=O) groups excluding carboxylic acids is 2. The average Bonchev–Trinajstić information content (AvgIpc) is 3.25. The van der Waals surface area contributed by atoms with Gasteiger partial charge in [0.25, 0.3) is 0 Å². The molecule has 0 aromatic heterocycles. The van der Waals surface area contributed by atoms with E-state index < -0.39 is 23.6 Å². The number of epoxide rings is 1. The number of phenols is 2. The predicted molar refractivity (Wildman–Crippen MR) is 89.9 cm³/mol. The minimum absolute atomic E-state index is 0.0348. The van der Waals surface area contributed by atoms with Gasteiger partial charge in [-0.15, -0.1) is 0 Å². The van der Waals surface area contributed by atoms with E-state index in [4.69, 9.17) is 21.1 Å². The quantitative estimate of drug-likeness (QED) is 0.542. The molecule has 25 heavy (non-hydrogen) atoms. The highest BCUT2D eigenvalue weighted by atomic mass is 35.5. The lowest BCUT2D eigenvalue weighted by Gasteiger charge is -2.16. The van der Waals surface area contributed by atoms with Gasteiger partial charge in [0.05, 0.1) is 11.1 Å². The third-order valence-electron chi connectivity index (χ3n) is 4.06. The van der Waals surface area contributed by atoms with E-state index in [2.05, 4.69) is 0 Å². The lowest BCUT2D eigenvalue weighted by Crippen LogP contribution is -2.19. The van der Waals surface area contributed by atoms with Crippen LogP contribution in [-0.4, -0.2) is 40.3 Å². The fourth-order valence-corrected chi connectivity index (χ4v) is 3.00. The summed E-state index contributed by atoms with van der Waals surface area (Å²) in [5, 5.41) is 19.7. The minimum atomic E-state index is -0.802. The van der Waals surface area contributed by atoms with Gasteiger partial charge in [-0.05, 0) is 13.0 Å². The second kappa shape index (κ2) is 6.90. The molecule has 2 aliphatic rings. The maximum Gasteiger partial charge on any atom is 0.342 e. The highest BCUT2D eigenvalue weighted by Crippen LogP contribution is 2.37. The van der Waals surface area contributed by atoms with Gasteiger partial charge in [0.2, 0.25) is 0 Å². The van der Waals surface area contributed by atoms with Gasteiger partial charge in [-0.1, -0.05) is 29.8 Å². The molecule has 1 saturated heterocycles. The van der Waals surface area contributed by atoms with Crippen molar-refractivity contribution in [3.63, 3.8) is 0 Å². The molecule has 7 heteroatoms. The molecule has 0 spiro atoms. The van der Waals surface area contributed by atoms with E-state index in [9.17, 15) is 19.8 Å². The molecule has 0 aliphatic carbocycles. The normalized spacial score (nSPS) is 29.0. The summed E-state index contributed by atoms with van der Waals surface area (Å²) < 4.78 is 10.8. The van der Waals surface area contributed by atoms with Gasteiger partial charge in [0.1, 0.15) is 29.3 Å². The average molecular weight is 365 g/mol. The van der Waals surface area contributed by atoms with Crippen LogP contribution in [0.3, 0.4) is 0 Å². The van der Waals surface area contributed by atoms with Crippen LogP contribution < -0.4 is 0 Å². The third kappa shape index (κ3) is 3.86. The first kappa shape index (κ1) is 17.5. The summed E-state index contributed by atoms with van der Waals surface area (Å²) >= 11 is 6.05. The van der Waals surface area contributed by atoms with Crippen molar-refractivity contribution in [3.8, 4) is 11.5 Å². The Morgan fingerprint density at radius 2 is 1.96 bits per heavy atom. The van der Waals surface area contributed by atoms with E-state index in [1.807, 2.05) is 6.08 Å². The molecule has 0 bridgehead atoms. The monoisotopic (exact) mass is 364 g/mol. The Balaban J connectivity index is 2.01. The van der Waals surface area contributed by atoms with Crippen molar-refractivity contribution in [2.24, 2.45) is 0 Å². The van der Waals surface area contributed by atoms with Crippen molar-refractivity contribution in [3.05, 3.63) is 46.5 Å². The van der Waals surface area contributed by atoms with Crippen LogP contribution in [0.25, 0.3) is 0 Å². The van der Waals surface area contributed by atoms with Crippen LogP contribution in [0.15, 0.2) is 30.4 Å². The van der Waals surface area contributed by atoms with E-state index >= 15 is 0 Å². The van der Waals surface area contributed by atoms with Crippen molar-refractivity contribution in [2.45, 2.75) is 38.1 Å². The highest BCUT2D eigenvalue weighted by Gasteiger charge is 2.38. The van der Waals surface area contributed by atoms with Crippen molar-refractivity contribution >= 4 is 23.4 Å². The Kier molecular flexibility index (Phi) is 4.83. The van der Waals surface area contributed by atoms with Gasteiger partial charge < -0.3 is 19.7 Å². The molecule has 0 unspecified atom stereocenters. The molecule has 0 radical (unpaired) electrons. The molecule has 2 heterocycles. The van der Waals surface area contributed by atoms with Crippen LogP contribution >= 0.6 is 11.6 Å². The standard InChI is InChI=1S/C18H17ClO6/c1-9-6-15-14(25-15)5-3-2-4-10(20)7-11-16(18(23)24-9)12(21)8-13(22)17(11)19/h2-5,8-9,14-15,21-22H,6-7H2,1H3/b4-2+,5-3-/t9-,14+,15+/m0/s1. The number of benzene rings is 1. The number of hydrogen-bond donors (Lipinski definition) is 2. The number of ketones is 1. The fraction of sp³-hybridized carbons (Fsp3) is 0.333. The molecule has 0 amide bonds. The number of halogens is 1. The van der Waals surface area contributed by atoms with Crippen LogP contribution in [0.1, 0.15) is 29.3 Å². The molecule has 2 aliphatic heterocycles. The van der Waals surface area contributed by atoms with Gasteiger partial charge in [0.15, 0.2) is 5.78 Å². The van der Waals surface area contributed by atoms with Crippen LogP contribution in [0.4, 0.5) is 0 Å². The minimum Gasteiger partial charge on any atom is -0.507 e. The number of rotatable bonds is 0. The number of hydrogen-bond acceptors (Lipinski definition) is 6. The number of phenolic OH excluding ortho intramolecular Hbond substituents is 2. The summed E-state index contributed by atoms with van der Waals surface area (Å²) in [4.78, 5) is 24.6. The Morgan fingerprint density at radius 1 is 1.20 bits per heavy atom. The van der Waals surface area contributed by atoms with E-state index in [1.54, 1.807) is 19.1 Å². The first-order valence-electron chi connectivity index (χ1n) is 7.84. The van der Waals surface area contributed by atoms with Gasteiger partial charge in [-0.2, -0.15) is 0 Å².